The zero-order valence-electron chi connectivity index (χ0n) is 12.2. The van der Waals surface area contributed by atoms with Gasteiger partial charge in [-0.15, -0.1) is 0 Å². The molecular weight excluding hydrogens is 327 g/mol. The highest BCUT2D eigenvalue weighted by molar-refractivity contribution is 6.00. The molecule has 0 atom stereocenters. The van der Waals surface area contributed by atoms with E-state index in [0.29, 0.717) is 6.54 Å². The molecule has 0 saturated carbocycles. The molecule has 2 amide bonds. The van der Waals surface area contributed by atoms with Crippen molar-refractivity contribution in [3.05, 3.63) is 36.3 Å². The number of nitrogens with one attached hydrogen (secondary N) is 2. The standard InChI is InChI=1S/C14H12F3N5O2/c15-9-2-3-11(24-13(16)17)10(8-9)19-14(23)20-12-4-7-22(21-12)6-1-5-18/h2-4,7-8,13H,1,6H2,(H2,19,20,21,23). The summed E-state index contributed by atoms with van der Waals surface area (Å²) in [5.41, 5.74) is -0.253. The topological polar surface area (TPSA) is 92.0 Å². The van der Waals surface area contributed by atoms with Crippen molar-refractivity contribution < 1.29 is 22.7 Å². The van der Waals surface area contributed by atoms with E-state index in [-0.39, 0.29) is 23.7 Å². The zero-order chi connectivity index (χ0) is 17.5. The molecule has 2 N–H and O–H groups in total. The van der Waals surface area contributed by atoms with Crippen LogP contribution in [0.3, 0.4) is 0 Å². The molecule has 7 nitrogen and oxygen atoms in total. The summed E-state index contributed by atoms with van der Waals surface area (Å²) < 4.78 is 43.5. The monoisotopic (exact) mass is 339 g/mol. The Morgan fingerprint density at radius 2 is 2.17 bits per heavy atom. The van der Waals surface area contributed by atoms with Gasteiger partial charge in [0, 0.05) is 18.3 Å². The molecule has 10 heteroatoms. The van der Waals surface area contributed by atoms with Gasteiger partial charge in [0.2, 0.25) is 0 Å². The largest absolute Gasteiger partial charge is 0.433 e. The van der Waals surface area contributed by atoms with Crippen molar-refractivity contribution in [2.75, 3.05) is 10.6 Å². The molecule has 1 aromatic heterocycles. The van der Waals surface area contributed by atoms with Gasteiger partial charge in [0.15, 0.2) is 5.82 Å². The Hall–Kier alpha value is -3.22. The van der Waals surface area contributed by atoms with Gasteiger partial charge in [0.05, 0.1) is 24.7 Å². The molecule has 0 radical (unpaired) electrons. The fourth-order valence-corrected chi connectivity index (χ4v) is 1.79. The number of alkyl halides is 2. The number of anilines is 2. The number of urea groups is 1. The Bertz CT molecular complexity index is 757. The second-order valence-corrected chi connectivity index (χ2v) is 4.47. The molecule has 1 heterocycles. The minimum absolute atomic E-state index is 0.179. The number of hydrogen-bond donors (Lipinski definition) is 2. The molecular formula is C14H12F3N5O2. The van der Waals surface area contributed by atoms with E-state index < -0.39 is 18.5 Å². The average molecular weight is 339 g/mol. The third-order valence-corrected chi connectivity index (χ3v) is 2.74. The predicted octanol–water partition coefficient (Wildman–Crippen LogP) is 3.18. The summed E-state index contributed by atoms with van der Waals surface area (Å²) in [4.78, 5) is 11.9. The van der Waals surface area contributed by atoms with E-state index in [4.69, 9.17) is 5.26 Å². The van der Waals surface area contributed by atoms with Crippen molar-refractivity contribution in [2.24, 2.45) is 0 Å². The number of aromatic nitrogens is 2. The molecule has 0 unspecified atom stereocenters. The number of rotatable bonds is 6. The lowest BCUT2D eigenvalue weighted by atomic mass is 10.3. The van der Waals surface area contributed by atoms with E-state index in [9.17, 15) is 18.0 Å². The average Bonchev–Trinajstić information content (AvgIpc) is 2.95. The van der Waals surface area contributed by atoms with Crippen molar-refractivity contribution in [3.8, 4) is 11.8 Å². The number of carbonyl (C=O) groups excluding carboxylic acids is 1. The van der Waals surface area contributed by atoms with Crippen LogP contribution in [0.15, 0.2) is 30.5 Å². The quantitative estimate of drug-likeness (QED) is 0.845. The molecule has 2 rings (SSSR count). The number of ether oxygens (including phenoxy) is 1. The van der Waals surface area contributed by atoms with Crippen LogP contribution in [0, 0.1) is 17.1 Å². The third-order valence-electron chi connectivity index (χ3n) is 2.74. The second kappa shape index (κ2) is 7.87. The van der Waals surface area contributed by atoms with Gasteiger partial charge in [-0.2, -0.15) is 19.1 Å². The van der Waals surface area contributed by atoms with E-state index in [2.05, 4.69) is 20.5 Å². The summed E-state index contributed by atoms with van der Waals surface area (Å²) in [5.74, 6) is -0.924. The first-order valence-electron chi connectivity index (χ1n) is 6.70. The Balaban J connectivity index is 2.03. The van der Waals surface area contributed by atoms with Crippen molar-refractivity contribution in [2.45, 2.75) is 19.6 Å². The van der Waals surface area contributed by atoms with Crippen LogP contribution >= 0.6 is 0 Å². The van der Waals surface area contributed by atoms with E-state index in [0.717, 1.165) is 18.2 Å². The number of amides is 2. The SMILES string of the molecule is N#CCCn1ccc(NC(=O)Nc2cc(F)ccc2OC(F)F)n1. The van der Waals surface area contributed by atoms with Crippen LogP contribution in [0.25, 0.3) is 0 Å². The molecule has 0 bridgehead atoms. The highest BCUT2D eigenvalue weighted by Gasteiger charge is 2.14. The molecule has 126 valence electrons. The number of halogens is 3. The van der Waals surface area contributed by atoms with E-state index >= 15 is 0 Å². The summed E-state index contributed by atoms with van der Waals surface area (Å²) in [6, 6.07) is 5.38. The zero-order valence-corrected chi connectivity index (χ0v) is 12.2. The maximum Gasteiger partial charge on any atom is 0.387 e. The summed E-state index contributed by atoms with van der Waals surface area (Å²) >= 11 is 0. The Morgan fingerprint density at radius 1 is 1.38 bits per heavy atom. The molecule has 0 aliphatic heterocycles. The lowest BCUT2D eigenvalue weighted by Gasteiger charge is -2.12. The first-order valence-corrected chi connectivity index (χ1v) is 6.70. The minimum atomic E-state index is -3.12. The minimum Gasteiger partial charge on any atom is -0.433 e. The summed E-state index contributed by atoms with van der Waals surface area (Å²) in [6.07, 6.45) is 1.81. The molecule has 1 aromatic carbocycles. The van der Waals surface area contributed by atoms with Crippen molar-refractivity contribution >= 4 is 17.5 Å². The lowest BCUT2D eigenvalue weighted by Crippen LogP contribution is -2.21. The van der Waals surface area contributed by atoms with Crippen LogP contribution in [-0.4, -0.2) is 22.4 Å². The van der Waals surface area contributed by atoms with E-state index in [1.54, 1.807) is 6.20 Å². The highest BCUT2D eigenvalue weighted by Crippen LogP contribution is 2.27. The number of nitriles is 1. The van der Waals surface area contributed by atoms with E-state index in [1.165, 1.54) is 10.7 Å². The molecule has 0 aliphatic carbocycles. The molecule has 0 spiro atoms. The first-order chi connectivity index (χ1) is 11.5. The maximum absolute atomic E-state index is 13.2. The fourth-order valence-electron chi connectivity index (χ4n) is 1.79. The van der Waals surface area contributed by atoms with Gasteiger partial charge in [0.25, 0.3) is 0 Å². The van der Waals surface area contributed by atoms with Crippen LogP contribution in [-0.2, 0) is 6.54 Å². The summed E-state index contributed by atoms with van der Waals surface area (Å²) in [6.45, 7) is -2.76. The normalized spacial score (nSPS) is 10.3. The van der Waals surface area contributed by atoms with Crippen molar-refractivity contribution in [3.63, 3.8) is 0 Å². The highest BCUT2D eigenvalue weighted by atomic mass is 19.3. The van der Waals surface area contributed by atoms with Crippen LogP contribution in [0.1, 0.15) is 6.42 Å². The van der Waals surface area contributed by atoms with Crippen molar-refractivity contribution in [1.29, 1.82) is 5.26 Å². The molecule has 2 aromatic rings. The van der Waals surface area contributed by atoms with Gasteiger partial charge >= 0.3 is 12.6 Å². The van der Waals surface area contributed by atoms with Crippen LogP contribution in [0.4, 0.5) is 29.5 Å². The smallest absolute Gasteiger partial charge is 0.387 e. The van der Waals surface area contributed by atoms with Gasteiger partial charge in [-0.1, -0.05) is 0 Å². The predicted molar refractivity (Wildman–Crippen MR) is 78.1 cm³/mol. The maximum atomic E-state index is 13.2. The summed E-state index contributed by atoms with van der Waals surface area (Å²) in [7, 11) is 0. The van der Waals surface area contributed by atoms with Crippen LogP contribution in [0.5, 0.6) is 5.75 Å². The fraction of sp³-hybridized carbons (Fsp3) is 0.214. The number of aryl methyl sites for hydroxylation is 1. The lowest BCUT2D eigenvalue weighted by molar-refractivity contribution is -0.0494. The van der Waals surface area contributed by atoms with Crippen molar-refractivity contribution in [1.82, 2.24) is 9.78 Å². The number of benzene rings is 1. The Morgan fingerprint density at radius 3 is 2.88 bits per heavy atom. The Labute approximate surface area is 134 Å². The van der Waals surface area contributed by atoms with Crippen LogP contribution < -0.4 is 15.4 Å². The van der Waals surface area contributed by atoms with Crippen LogP contribution in [0.2, 0.25) is 0 Å². The van der Waals surface area contributed by atoms with Gasteiger partial charge in [-0.05, 0) is 12.1 Å². The molecule has 24 heavy (non-hydrogen) atoms. The van der Waals surface area contributed by atoms with Gasteiger partial charge in [-0.25, -0.2) is 9.18 Å². The summed E-state index contributed by atoms with van der Waals surface area (Å²) in [5, 5.41) is 17.0. The number of nitrogens with zero attached hydrogens (tertiary/aromatic N) is 3. The van der Waals surface area contributed by atoms with Gasteiger partial charge in [0.1, 0.15) is 11.6 Å². The number of hydrogen-bond acceptors (Lipinski definition) is 4. The molecule has 0 fully saturated rings. The second-order valence-electron chi connectivity index (χ2n) is 4.47. The van der Waals surface area contributed by atoms with Gasteiger partial charge in [-0.3, -0.25) is 10.00 Å². The molecule has 0 aliphatic rings. The molecule has 0 saturated heterocycles. The third kappa shape index (κ3) is 4.91. The Kier molecular flexibility index (Phi) is 5.62. The van der Waals surface area contributed by atoms with E-state index in [1.807, 2.05) is 6.07 Å². The first kappa shape index (κ1) is 17.1. The van der Waals surface area contributed by atoms with Gasteiger partial charge < -0.3 is 10.1 Å². The number of carbonyl (C=O) groups is 1.